The number of aryl methyl sites for hydroxylation is 1. The van der Waals surface area contributed by atoms with Gasteiger partial charge in [-0.2, -0.15) is 10.4 Å². The van der Waals surface area contributed by atoms with Crippen molar-refractivity contribution >= 4 is 57.9 Å². The second kappa shape index (κ2) is 21.0. The van der Waals surface area contributed by atoms with E-state index >= 15 is 0 Å². The molecule has 3 unspecified atom stereocenters. The number of carbonyl (C=O) groups excluding carboxylic acids is 2. The number of carbonyl (C=O) groups is 2. The first kappa shape index (κ1) is 46.5. The van der Waals surface area contributed by atoms with Crippen molar-refractivity contribution in [3.8, 4) is 17.6 Å². The molecule has 3 aliphatic rings. The fraction of sp³-hybridized carbons (Fsp3) is 0.467. The van der Waals surface area contributed by atoms with Crippen molar-refractivity contribution in [1.82, 2.24) is 34.3 Å². The molecule has 3 atom stereocenters. The average molecular weight is 903 g/mol. The average Bonchev–Trinajstić information content (AvgIpc) is 3.86. The predicted molar refractivity (Wildman–Crippen MR) is 239 cm³/mol. The number of hydrogen-bond acceptors (Lipinski definition) is 13. The number of urea groups is 1. The van der Waals surface area contributed by atoms with E-state index in [-0.39, 0.29) is 48.4 Å². The zero-order valence-corrected chi connectivity index (χ0v) is 36.9. The molecule has 3 aromatic carbocycles. The lowest BCUT2D eigenvalue weighted by atomic mass is 9.83. The van der Waals surface area contributed by atoms with E-state index in [0.29, 0.717) is 58.8 Å². The van der Waals surface area contributed by atoms with Crippen LogP contribution in [0.1, 0.15) is 68.5 Å². The number of nitrogens with zero attached hydrogens (tertiary/aromatic N) is 8. The molecule has 2 amide bonds. The summed E-state index contributed by atoms with van der Waals surface area (Å²) in [5, 5.41) is 26.2. The third-order valence-corrected chi connectivity index (χ3v) is 12.9. The Hall–Kier alpha value is -5.52. The molecule has 2 saturated heterocycles. The van der Waals surface area contributed by atoms with Gasteiger partial charge < -0.3 is 29.4 Å². The summed E-state index contributed by atoms with van der Waals surface area (Å²) in [7, 11) is 4.98. The number of rotatable bonds is 13. The van der Waals surface area contributed by atoms with Crippen LogP contribution < -0.4 is 19.7 Å². The minimum atomic E-state index is -0.719. The number of fused-ring (bicyclic) bond motifs is 2. The van der Waals surface area contributed by atoms with Crippen LogP contribution in [0.4, 0.5) is 29.5 Å². The molecule has 3 N–H and O–H groups in total. The van der Waals surface area contributed by atoms with Crippen molar-refractivity contribution in [3.05, 3.63) is 77.6 Å². The molecule has 8 rings (SSSR count). The first-order valence-electron chi connectivity index (χ1n) is 21.5. The van der Waals surface area contributed by atoms with Crippen LogP contribution in [0.2, 0.25) is 0 Å². The predicted octanol–water partition coefficient (Wildman–Crippen LogP) is 7.40. The van der Waals surface area contributed by atoms with E-state index in [1.807, 2.05) is 6.07 Å². The second-order valence-corrected chi connectivity index (χ2v) is 17.3. The van der Waals surface area contributed by atoms with Gasteiger partial charge in [0.25, 0.3) is 0 Å². The molecule has 2 aromatic heterocycles. The fourth-order valence-corrected chi connectivity index (χ4v) is 9.31. The van der Waals surface area contributed by atoms with Gasteiger partial charge in [-0.05, 0) is 81.6 Å². The number of halogens is 3. The number of alkyl halides is 1. The second-order valence-electron chi connectivity index (χ2n) is 16.3. The molecule has 0 radical (unpaired) electrons. The van der Waals surface area contributed by atoms with Gasteiger partial charge in [-0.3, -0.25) is 19.5 Å². The Morgan fingerprint density at radius 1 is 1.12 bits per heavy atom. The minimum absolute atomic E-state index is 0.0175. The number of hydrogen-bond donors (Lipinski definition) is 3. The summed E-state index contributed by atoms with van der Waals surface area (Å²) in [5.41, 5.74) is 3.04. The van der Waals surface area contributed by atoms with Gasteiger partial charge in [-0.15, -0.1) is 0 Å². The molecule has 19 heteroatoms. The third-order valence-electron chi connectivity index (χ3n) is 12.1. The smallest absolute Gasteiger partial charge is 0.322 e. The summed E-state index contributed by atoms with van der Waals surface area (Å²) < 4.78 is 61.6. The number of piperidine rings is 1. The normalized spacial score (nSPS) is 19.6. The number of aromatic nitrogens is 4. The van der Waals surface area contributed by atoms with Gasteiger partial charge >= 0.3 is 6.03 Å². The number of aliphatic hydroxyl groups is 1. The van der Waals surface area contributed by atoms with Gasteiger partial charge in [0.05, 0.1) is 46.7 Å². The molecule has 3 fully saturated rings. The van der Waals surface area contributed by atoms with Crippen molar-refractivity contribution in [1.29, 1.82) is 5.26 Å². The van der Waals surface area contributed by atoms with E-state index in [4.69, 9.17) is 19.6 Å². The molecular weight excluding hydrogens is 850 g/mol. The summed E-state index contributed by atoms with van der Waals surface area (Å²) in [6.45, 7) is 2.86. The molecule has 4 heterocycles. The summed E-state index contributed by atoms with van der Waals surface area (Å²) >= 11 is 1.18. The lowest BCUT2D eigenvalue weighted by Crippen LogP contribution is -2.51. The highest BCUT2D eigenvalue weighted by Gasteiger charge is 2.45. The number of aldehydes is 1. The first-order chi connectivity index (χ1) is 31.0. The number of likely N-dealkylation sites (N-methyl/N-ethyl adjacent to an activating group) is 1. The molecule has 340 valence electrons. The summed E-state index contributed by atoms with van der Waals surface area (Å²) in [4.78, 5) is 35.6. The highest BCUT2D eigenvalue weighted by Crippen LogP contribution is 2.44. The topological polar surface area (TPSA) is 174 Å². The van der Waals surface area contributed by atoms with Crippen molar-refractivity contribution in [2.75, 3.05) is 63.1 Å². The monoisotopic (exact) mass is 902 g/mol. The molecule has 1 aliphatic carbocycles. The van der Waals surface area contributed by atoms with Gasteiger partial charge in [-0.1, -0.05) is 12.8 Å². The van der Waals surface area contributed by atoms with Crippen molar-refractivity contribution in [2.24, 2.45) is 7.05 Å². The Kier molecular flexibility index (Phi) is 15.2. The number of likely N-dealkylation sites (tertiary alicyclic amines) is 1. The third kappa shape index (κ3) is 10.5. The zero-order chi connectivity index (χ0) is 45.4. The van der Waals surface area contributed by atoms with Crippen molar-refractivity contribution < 1.29 is 37.3 Å². The lowest BCUT2D eigenvalue weighted by Gasteiger charge is -2.44. The minimum Gasteiger partial charge on any atom is -0.453 e. The van der Waals surface area contributed by atoms with Crippen LogP contribution >= 0.6 is 12.1 Å². The molecule has 64 heavy (non-hydrogen) atoms. The molecular formula is C45H53F3N10O5S. The van der Waals surface area contributed by atoms with Crippen molar-refractivity contribution in [3.63, 3.8) is 0 Å². The van der Waals surface area contributed by atoms with Gasteiger partial charge in [0, 0.05) is 88.4 Å². The standard InChI is InChI=1S/C32H38F2N6O3S.C13H15FN4O2/c1-39(14-15-41)44-38-26-9-7-25(34)31(23(26)18-35)43-22-6-8-27-28(16-22)37-29(19-36-27)21-17-32(42-20-21)10-12-40(13-11-32)30-5-3-2-4-24(30)33;1-15-13(20)18(6-3-7-19)12-10-8-9(14)4-5-11(10)17(2)16-12/h6-9,16,19,21,24,30,38,41H,2-5,10-15,17,20H2,1H3;4-5,7-8H,3,6H2,1-2H3,(H,15,20). The Bertz CT molecular complexity index is 2480. The van der Waals surface area contributed by atoms with Gasteiger partial charge in [0.1, 0.15) is 35.7 Å². The first-order valence-corrected chi connectivity index (χ1v) is 22.2. The van der Waals surface area contributed by atoms with Gasteiger partial charge in [-0.25, -0.2) is 27.3 Å². The Balaban J connectivity index is 0.000000256. The van der Waals surface area contributed by atoms with E-state index in [2.05, 4.69) is 25.0 Å². The van der Waals surface area contributed by atoms with E-state index in [1.165, 1.54) is 48.3 Å². The van der Waals surface area contributed by atoms with E-state index in [9.17, 15) is 28.0 Å². The number of anilines is 2. The quantitative estimate of drug-likeness (QED) is 0.0789. The number of benzene rings is 3. The molecule has 5 aromatic rings. The van der Waals surface area contributed by atoms with E-state index < -0.39 is 23.8 Å². The summed E-state index contributed by atoms with van der Waals surface area (Å²) in [6.07, 6.45) is 8.35. The summed E-state index contributed by atoms with van der Waals surface area (Å²) in [6, 6.07) is 13.8. The van der Waals surface area contributed by atoms with Gasteiger partial charge in [0.15, 0.2) is 17.4 Å². The maximum Gasteiger partial charge on any atom is 0.322 e. The van der Waals surface area contributed by atoms with Crippen molar-refractivity contribution in [2.45, 2.75) is 75.1 Å². The largest absolute Gasteiger partial charge is 0.453 e. The summed E-state index contributed by atoms with van der Waals surface area (Å²) in [5.74, 6) is -0.482. The highest BCUT2D eigenvalue weighted by molar-refractivity contribution is 7.98. The molecule has 15 nitrogen and oxygen atoms in total. The Morgan fingerprint density at radius 3 is 2.66 bits per heavy atom. The number of nitrogens with one attached hydrogen (secondary N) is 2. The maximum atomic E-state index is 14.9. The van der Waals surface area contributed by atoms with Crippen LogP contribution in [-0.2, 0) is 16.6 Å². The van der Waals surface area contributed by atoms with Crippen LogP contribution in [-0.4, -0.2) is 118 Å². The SMILES string of the molecule is CN(CCO)SNc1ccc(F)c(Oc2ccc3ncc(C4COC5(CCN(C6CCCCC6F)CC5)C4)nc3c2)c1C#N.CNC(=O)N(CCC=O)c1nn(C)c2ccc(F)cc12. The van der Waals surface area contributed by atoms with Crippen LogP contribution in [0.15, 0.2) is 54.7 Å². The highest BCUT2D eigenvalue weighted by atomic mass is 32.2. The Morgan fingerprint density at radius 2 is 1.92 bits per heavy atom. The number of aliphatic hydroxyl groups excluding tert-OH is 1. The number of nitriles is 1. The van der Waals surface area contributed by atoms with Crippen LogP contribution in [0.5, 0.6) is 11.5 Å². The molecule has 1 spiro atoms. The number of ether oxygens (including phenoxy) is 2. The maximum absolute atomic E-state index is 14.9. The molecule has 1 saturated carbocycles. The Labute approximate surface area is 374 Å². The number of amides is 2. The van der Waals surface area contributed by atoms with Crippen LogP contribution in [0.25, 0.3) is 21.9 Å². The molecule has 0 bridgehead atoms. The van der Waals surface area contributed by atoms with Gasteiger partial charge in [0.2, 0.25) is 0 Å². The van der Waals surface area contributed by atoms with Crippen LogP contribution in [0.3, 0.4) is 0 Å². The molecule has 2 aliphatic heterocycles. The fourth-order valence-electron chi connectivity index (χ4n) is 8.71. The van der Waals surface area contributed by atoms with E-state index in [0.717, 1.165) is 63.6 Å². The van der Waals surface area contributed by atoms with E-state index in [1.54, 1.807) is 53.5 Å². The van der Waals surface area contributed by atoms with Crippen LogP contribution in [0, 0.1) is 23.0 Å². The zero-order valence-electron chi connectivity index (χ0n) is 36.1. The lowest BCUT2D eigenvalue weighted by molar-refractivity contribution is -0.107.